The Morgan fingerprint density at radius 3 is 2.41 bits per heavy atom. The van der Waals surface area contributed by atoms with Crippen LogP contribution in [0, 0.1) is 0 Å². The van der Waals surface area contributed by atoms with Crippen LogP contribution in [0.15, 0.2) is 72.9 Å². The first-order valence-electron chi connectivity index (χ1n) is 7.07. The Morgan fingerprint density at radius 2 is 1.50 bits per heavy atom. The van der Waals surface area contributed by atoms with E-state index in [1.807, 2.05) is 66.7 Å². The summed E-state index contributed by atoms with van der Waals surface area (Å²) in [5, 5.41) is 1.98. The SMILES string of the molecule is O=C(c1cnc2ccccc2n1)c1cccc2ccccc12. The largest absolute Gasteiger partial charge is 0.287 e. The van der Waals surface area contributed by atoms with E-state index in [2.05, 4.69) is 9.97 Å². The molecule has 0 spiro atoms. The summed E-state index contributed by atoms with van der Waals surface area (Å²) in [6.45, 7) is 0. The third kappa shape index (κ3) is 2.04. The van der Waals surface area contributed by atoms with Crippen LogP contribution in [-0.4, -0.2) is 15.8 Å². The molecule has 4 aromatic rings. The molecular formula is C19H12N2O. The molecule has 0 atom stereocenters. The Kier molecular flexibility index (Phi) is 2.90. The number of ketones is 1. The molecule has 0 amide bonds. The lowest BCUT2D eigenvalue weighted by molar-refractivity contribution is 0.103. The van der Waals surface area contributed by atoms with Gasteiger partial charge in [-0.05, 0) is 22.9 Å². The van der Waals surface area contributed by atoms with Gasteiger partial charge in [0.25, 0.3) is 0 Å². The first kappa shape index (κ1) is 12.7. The number of aromatic nitrogens is 2. The van der Waals surface area contributed by atoms with E-state index in [4.69, 9.17) is 0 Å². The molecule has 0 saturated heterocycles. The number of hydrogen-bond acceptors (Lipinski definition) is 3. The predicted molar refractivity (Wildman–Crippen MR) is 86.9 cm³/mol. The molecule has 3 aromatic carbocycles. The number of fused-ring (bicyclic) bond motifs is 2. The Labute approximate surface area is 127 Å². The lowest BCUT2D eigenvalue weighted by Crippen LogP contribution is -2.05. The van der Waals surface area contributed by atoms with Crippen LogP contribution in [0.5, 0.6) is 0 Å². The van der Waals surface area contributed by atoms with Crippen molar-refractivity contribution >= 4 is 27.6 Å². The molecule has 1 heterocycles. The van der Waals surface area contributed by atoms with Gasteiger partial charge in [-0.2, -0.15) is 0 Å². The van der Waals surface area contributed by atoms with Gasteiger partial charge in [0.15, 0.2) is 0 Å². The maximum Gasteiger partial charge on any atom is 0.213 e. The molecule has 0 unspecified atom stereocenters. The second-order valence-electron chi connectivity index (χ2n) is 5.10. The van der Waals surface area contributed by atoms with Crippen LogP contribution in [0.1, 0.15) is 16.1 Å². The Bertz CT molecular complexity index is 1000. The van der Waals surface area contributed by atoms with Crippen molar-refractivity contribution < 1.29 is 4.79 Å². The number of benzene rings is 3. The van der Waals surface area contributed by atoms with E-state index in [0.717, 1.165) is 21.8 Å². The maximum absolute atomic E-state index is 12.8. The average Bonchev–Trinajstić information content (AvgIpc) is 2.60. The van der Waals surface area contributed by atoms with E-state index in [0.29, 0.717) is 11.3 Å². The normalized spacial score (nSPS) is 10.9. The van der Waals surface area contributed by atoms with Crippen LogP contribution in [0.3, 0.4) is 0 Å². The molecule has 0 aliphatic heterocycles. The zero-order valence-corrected chi connectivity index (χ0v) is 11.7. The van der Waals surface area contributed by atoms with Gasteiger partial charge in [0.2, 0.25) is 5.78 Å². The van der Waals surface area contributed by atoms with Crippen molar-refractivity contribution in [2.45, 2.75) is 0 Å². The van der Waals surface area contributed by atoms with Crippen LogP contribution in [0.4, 0.5) is 0 Å². The van der Waals surface area contributed by atoms with Crippen LogP contribution < -0.4 is 0 Å². The zero-order valence-electron chi connectivity index (χ0n) is 11.7. The molecule has 0 radical (unpaired) electrons. The van der Waals surface area contributed by atoms with Crippen LogP contribution in [0.25, 0.3) is 21.8 Å². The van der Waals surface area contributed by atoms with Crippen molar-refractivity contribution in [2.75, 3.05) is 0 Å². The van der Waals surface area contributed by atoms with E-state index in [9.17, 15) is 4.79 Å². The number of carbonyl (C=O) groups is 1. The minimum atomic E-state index is -0.102. The summed E-state index contributed by atoms with van der Waals surface area (Å²) in [6, 6.07) is 21.1. The van der Waals surface area contributed by atoms with Gasteiger partial charge in [0.1, 0.15) is 5.69 Å². The molecule has 0 N–H and O–H groups in total. The van der Waals surface area contributed by atoms with Gasteiger partial charge in [-0.15, -0.1) is 0 Å². The van der Waals surface area contributed by atoms with Crippen molar-refractivity contribution in [1.82, 2.24) is 9.97 Å². The molecule has 0 aliphatic rings. The Hall–Kier alpha value is -3.07. The van der Waals surface area contributed by atoms with Crippen molar-refractivity contribution in [3.05, 3.63) is 84.2 Å². The fourth-order valence-corrected chi connectivity index (χ4v) is 2.63. The number of hydrogen-bond donors (Lipinski definition) is 0. The topological polar surface area (TPSA) is 42.9 Å². The fourth-order valence-electron chi connectivity index (χ4n) is 2.63. The second-order valence-corrected chi connectivity index (χ2v) is 5.10. The monoisotopic (exact) mass is 284 g/mol. The zero-order chi connectivity index (χ0) is 14.9. The highest BCUT2D eigenvalue weighted by molar-refractivity contribution is 6.15. The Balaban J connectivity index is 1.88. The van der Waals surface area contributed by atoms with Gasteiger partial charge in [-0.3, -0.25) is 9.78 Å². The van der Waals surface area contributed by atoms with Gasteiger partial charge in [0.05, 0.1) is 17.2 Å². The molecule has 22 heavy (non-hydrogen) atoms. The highest BCUT2D eigenvalue weighted by atomic mass is 16.1. The summed E-state index contributed by atoms with van der Waals surface area (Å²) in [7, 11) is 0. The molecule has 3 nitrogen and oxygen atoms in total. The van der Waals surface area contributed by atoms with Crippen LogP contribution in [0.2, 0.25) is 0 Å². The van der Waals surface area contributed by atoms with E-state index < -0.39 is 0 Å². The summed E-state index contributed by atoms with van der Waals surface area (Å²) in [5.41, 5.74) is 2.54. The lowest BCUT2D eigenvalue weighted by Gasteiger charge is -2.06. The first-order valence-corrected chi connectivity index (χ1v) is 7.07. The van der Waals surface area contributed by atoms with Crippen molar-refractivity contribution in [1.29, 1.82) is 0 Å². The van der Waals surface area contributed by atoms with Crippen molar-refractivity contribution in [2.24, 2.45) is 0 Å². The van der Waals surface area contributed by atoms with Crippen molar-refractivity contribution in [3.63, 3.8) is 0 Å². The highest BCUT2D eigenvalue weighted by Gasteiger charge is 2.14. The van der Waals surface area contributed by atoms with Crippen molar-refractivity contribution in [3.8, 4) is 0 Å². The number of para-hydroxylation sites is 2. The molecule has 0 aliphatic carbocycles. The summed E-state index contributed by atoms with van der Waals surface area (Å²) >= 11 is 0. The fraction of sp³-hybridized carbons (Fsp3) is 0. The Morgan fingerprint density at radius 1 is 0.773 bits per heavy atom. The number of rotatable bonds is 2. The summed E-state index contributed by atoms with van der Waals surface area (Å²) in [6.07, 6.45) is 1.55. The smallest absolute Gasteiger partial charge is 0.213 e. The van der Waals surface area contributed by atoms with Gasteiger partial charge >= 0.3 is 0 Å². The third-order valence-electron chi connectivity index (χ3n) is 3.72. The summed E-state index contributed by atoms with van der Waals surface area (Å²) in [5.74, 6) is -0.102. The first-order chi connectivity index (χ1) is 10.8. The molecule has 1 aromatic heterocycles. The molecule has 4 rings (SSSR count). The van der Waals surface area contributed by atoms with Crippen LogP contribution in [-0.2, 0) is 0 Å². The standard InChI is InChI=1S/C19H12N2O/c22-19(15-9-5-7-13-6-1-2-8-14(13)15)18-12-20-16-10-3-4-11-17(16)21-18/h1-12H. The van der Waals surface area contributed by atoms with E-state index in [1.54, 1.807) is 6.20 Å². The van der Waals surface area contributed by atoms with E-state index in [-0.39, 0.29) is 5.78 Å². The summed E-state index contributed by atoms with van der Waals surface area (Å²) in [4.78, 5) is 21.6. The van der Waals surface area contributed by atoms with Gasteiger partial charge in [-0.25, -0.2) is 4.98 Å². The average molecular weight is 284 g/mol. The number of nitrogens with zero attached hydrogens (tertiary/aromatic N) is 2. The second kappa shape index (κ2) is 5.04. The van der Waals surface area contributed by atoms with Gasteiger partial charge in [0, 0.05) is 5.56 Å². The molecule has 3 heteroatoms. The third-order valence-corrected chi connectivity index (χ3v) is 3.72. The lowest BCUT2D eigenvalue weighted by atomic mass is 10.00. The van der Waals surface area contributed by atoms with Gasteiger partial charge in [-0.1, -0.05) is 54.6 Å². The molecule has 0 bridgehead atoms. The predicted octanol–water partition coefficient (Wildman–Crippen LogP) is 4.01. The van der Waals surface area contributed by atoms with Crippen LogP contribution >= 0.6 is 0 Å². The number of carbonyl (C=O) groups excluding carboxylic acids is 1. The molecule has 104 valence electrons. The molecule has 0 saturated carbocycles. The minimum absolute atomic E-state index is 0.102. The molecular weight excluding hydrogens is 272 g/mol. The minimum Gasteiger partial charge on any atom is -0.287 e. The molecule has 0 fully saturated rings. The highest BCUT2D eigenvalue weighted by Crippen LogP contribution is 2.21. The van der Waals surface area contributed by atoms with E-state index >= 15 is 0 Å². The maximum atomic E-state index is 12.8. The quantitative estimate of drug-likeness (QED) is 0.522. The summed E-state index contributed by atoms with van der Waals surface area (Å²) < 4.78 is 0. The van der Waals surface area contributed by atoms with E-state index in [1.165, 1.54) is 0 Å². The van der Waals surface area contributed by atoms with Gasteiger partial charge < -0.3 is 0 Å².